The quantitative estimate of drug-likeness (QED) is 0.388. The molecule has 2 aromatic rings. The first-order chi connectivity index (χ1) is 13.3. The van der Waals surface area contributed by atoms with Gasteiger partial charge in [-0.05, 0) is 18.2 Å². The molecule has 8 nitrogen and oxygen atoms in total. The maximum atomic E-state index is 11.1. The number of hydrogen-bond acceptors (Lipinski definition) is 7. The number of quaternary nitrogens is 1. The molecule has 28 heavy (non-hydrogen) atoms. The van der Waals surface area contributed by atoms with Crippen molar-refractivity contribution in [3.63, 3.8) is 0 Å². The highest BCUT2D eigenvalue weighted by Crippen LogP contribution is 2.17. The number of hydrogen-bond donors (Lipinski definition) is 3. The fourth-order valence-electron chi connectivity index (χ4n) is 2.97. The van der Waals surface area contributed by atoms with E-state index >= 15 is 0 Å². The second kappa shape index (κ2) is 10.3. The van der Waals surface area contributed by atoms with Crippen LogP contribution < -0.4 is 15.1 Å². The highest BCUT2D eigenvalue weighted by molar-refractivity contribution is 5.66. The number of aromatic hydroxyl groups is 2. The Labute approximate surface area is 162 Å². The molecule has 0 saturated heterocycles. The SMILES string of the molecule is O=C([O-])CN(CC[NH+](CC(=O)[O-])Cc1ccccc1O)Cc1ccccc1O. The third-order valence-corrected chi connectivity index (χ3v) is 4.35. The van der Waals surface area contributed by atoms with Gasteiger partial charge in [0.2, 0.25) is 0 Å². The maximum absolute atomic E-state index is 11.1. The van der Waals surface area contributed by atoms with E-state index < -0.39 is 11.9 Å². The number of para-hydroxylation sites is 2. The molecule has 1 unspecified atom stereocenters. The highest BCUT2D eigenvalue weighted by Gasteiger charge is 2.16. The van der Waals surface area contributed by atoms with Crippen molar-refractivity contribution in [3.8, 4) is 11.5 Å². The lowest BCUT2D eigenvalue weighted by Gasteiger charge is -2.27. The van der Waals surface area contributed by atoms with E-state index in [9.17, 15) is 30.0 Å². The number of nitrogens with one attached hydrogen (secondary N) is 1. The Morgan fingerprint density at radius 3 is 2.00 bits per heavy atom. The predicted octanol–water partition coefficient (Wildman–Crippen LogP) is -2.52. The highest BCUT2D eigenvalue weighted by atomic mass is 16.4. The molecule has 1 atom stereocenters. The van der Waals surface area contributed by atoms with Crippen molar-refractivity contribution in [3.05, 3.63) is 59.7 Å². The smallest absolute Gasteiger partial charge is 0.124 e. The van der Waals surface area contributed by atoms with Gasteiger partial charge in [0.15, 0.2) is 0 Å². The van der Waals surface area contributed by atoms with E-state index in [-0.39, 0.29) is 44.2 Å². The zero-order valence-electron chi connectivity index (χ0n) is 15.3. The fraction of sp³-hybridized carbons (Fsp3) is 0.300. The van der Waals surface area contributed by atoms with Crippen LogP contribution in [-0.2, 0) is 22.7 Å². The monoisotopic (exact) mass is 387 g/mol. The number of carboxylic acid groups (broad SMARTS) is 2. The molecule has 0 aliphatic carbocycles. The van der Waals surface area contributed by atoms with Crippen LogP contribution in [0.25, 0.3) is 0 Å². The summed E-state index contributed by atoms with van der Waals surface area (Å²) < 4.78 is 0. The minimum atomic E-state index is -1.27. The van der Waals surface area contributed by atoms with Gasteiger partial charge in [0.25, 0.3) is 0 Å². The molecule has 0 aliphatic heterocycles. The van der Waals surface area contributed by atoms with Crippen LogP contribution >= 0.6 is 0 Å². The number of rotatable bonds is 11. The first kappa shape index (κ1) is 21.2. The van der Waals surface area contributed by atoms with Gasteiger partial charge < -0.3 is 34.9 Å². The van der Waals surface area contributed by atoms with Crippen molar-refractivity contribution < 1.29 is 34.9 Å². The van der Waals surface area contributed by atoms with E-state index in [2.05, 4.69) is 0 Å². The molecule has 2 aromatic carbocycles. The van der Waals surface area contributed by atoms with Crippen LogP contribution in [0.1, 0.15) is 11.1 Å². The predicted molar refractivity (Wildman–Crippen MR) is 95.9 cm³/mol. The van der Waals surface area contributed by atoms with E-state index in [1.807, 2.05) is 0 Å². The summed E-state index contributed by atoms with van der Waals surface area (Å²) in [5.74, 6) is -2.38. The molecule has 8 heteroatoms. The number of aliphatic carboxylic acids is 2. The van der Waals surface area contributed by atoms with E-state index in [1.165, 1.54) is 12.1 Å². The van der Waals surface area contributed by atoms with Crippen molar-refractivity contribution in [2.75, 3.05) is 26.2 Å². The van der Waals surface area contributed by atoms with E-state index in [0.29, 0.717) is 22.6 Å². The van der Waals surface area contributed by atoms with Crippen LogP contribution in [0.15, 0.2) is 48.5 Å². The van der Waals surface area contributed by atoms with Crippen molar-refractivity contribution >= 4 is 11.9 Å². The Morgan fingerprint density at radius 1 is 0.893 bits per heavy atom. The van der Waals surface area contributed by atoms with Gasteiger partial charge in [0.1, 0.15) is 24.6 Å². The third-order valence-electron chi connectivity index (χ3n) is 4.35. The molecule has 0 spiro atoms. The molecule has 0 heterocycles. The van der Waals surface area contributed by atoms with E-state index in [1.54, 1.807) is 41.3 Å². The number of carbonyl (C=O) groups excluding carboxylic acids is 2. The third kappa shape index (κ3) is 6.90. The van der Waals surface area contributed by atoms with Crippen LogP contribution in [0.5, 0.6) is 11.5 Å². The first-order valence-electron chi connectivity index (χ1n) is 8.84. The molecule has 3 N–H and O–H groups in total. The van der Waals surface area contributed by atoms with Gasteiger partial charge in [-0.25, -0.2) is 0 Å². The van der Waals surface area contributed by atoms with Crippen molar-refractivity contribution in [2.45, 2.75) is 13.1 Å². The van der Waals surface area contributed by atoms with E-state index in [0.717, 1.165) is 0 Å². The summed E-state index contributed by atoms with van der Waals surface area (Å²) in [5.41, 5.74) is 1.15. The fourth-order valence-corrected chi connectivity index (χ4v) is 2.97. The average Bonchev–Trinajstić information content (AvgIpc) is 2.62. The number of carboxylic acids is 2. The maximum Gasteiger partial charge on any atom is 0.124 e. The summed E-state index contributed by atoms with van der Waals surface area (Å²) in [7, 11) is 0. The Balaban J connectivity index is 2.07. The number of nitrogens with zero attached hydrogens (tertiary/aromatic N) is 1. The second-order valence-electron chi connectivity index (χ2n) is 6.57. The lowest BCUT2D eigenvalue weighted by atomic mass is 10.1. The second-order valence-corrected chi connectivity index (χ2v) is 6.57. The Kier molecular flexibility index (Phi) is 7.79. The topological polar surface area (TPSA) is 128 Å². The molecular weight excluding hydrogens is 364 g/mol. The van der Waals surface area contributed by atoms with Crippen LogP contribution in [-0.4, -0.2) is 53.2 Å². The summed E-state index contributed by atoms with van der Waals surface area (Å²) in [6.45, 7) is 0.321. The zero-order valence-corrected chi connectivity index (χ0v) is 15.3. The zero-order chi connectivity index (χ0) is 20.5. The van der Waals surface area contributed by atoms with Crippen LogP contribution in [0.2, 0.25) is 0 Å². The van der Waals surface area contributed by atoms with Crippen LogP contribution in [0.4, 0.5) is 0 Å². The Bertz CT molecular complexity index is 743. The molecule has 0 saturated carbocycles. The van der Waals surface area contributed by atoms with Crippen molar-refractivity contribution in [1.29, 1.82) is 0 Å². The van der Waals surface area contributed by atoms with Gasteiger partial charge >= 0.3 is 0 Å². The lowest BCUT2D eigenvalue weighted by molar-refractivity contribution is -0.907. The number of phenols is 2. The summed E-state index contributed by atoms with van der Waals surface area (Å²) in [4.78, 5) is 24.3. The molecule has 0 fully saturated rings. The largest absolute Gasteiger partial charge is 0.549 e. The number of carbonyl (C=O) groups is 2. The molecule has 150 valence electrons. The molecule has 2 rings (SSSR count). The van der Waals surface area contributed by atoms with Crippen LogP contribution in [0, 0.1) is 0 Å². The van der Waals surface area contributed by atoms with Gasteiger partial charge in [0, 0.05) is 30.8 Å². The molecule has 0 amide bonds. The Morgan fingerprint density at radius 2 is 1.46 bits per heavy atom. The minimum absolute atomic E-state index is 0.0546. The standard InChI is InChI=1S/C20H24N2O6/c23-17-7-3-1-5-15(17)11-21(13-19(25)26)9-10-22(14-20(27)28)12-16-6-2-4-8-18(16)24/h1-8,23-24H,9-14H2,(H,25,26)(H,27,28)/p-1. The van der Waals surface area contributed by atoms with Gasteiger partial charge in [-0.2, -0.15) is 0 Å². The number of benzene rings is 2. The summed E-state index contributed by atoms with van der Waals surface area (Å²) in [5, 5.41) is 42.0. The minimum Gasteiger partial charge on any atom is -0.549 e. The summed E-state index contributed by atoms with van der Waals surface area (Å²) in [6, 6.07) is 13.2. The van der Waals surface area contributed by atoms with Crippen LogP contribution in [0.3, 0.4) is 0 Å². The summed E-state index contributed by atoms with van der Waals surface area (Å²) in [6.07, 6.45) is 0. The van der Waals surface area contributed by atoms with Crippen molar-refractivity contribution in [1.82, 2.24) is 4.90 Å². The van der Waals surface area contributed by atoms with Gasteiger partial charge in [0.05, 0.1) is 18.5 Å². The average molecular weight is 387 g/mol. The van der Waals surface area contributed by atoms with Gasteiger partial charge in [-0.3, -0.25) is 4.90 Å². The normalized spacial score (nSPS) is 12.0. The van der Waals surface area contributed by atoms with Crippen molar-refractivity contribution in [2.24, 2.45) is 0 Å². The first-order valence-corrected chi connectivity index (χ1v) is 8.84. The lowest BCUT2D eigenvalue weighted by Crippen LogP contribution is -3.12. The van der Waals surface area contributed by atoms with Gasteiger partial charge in [-0.1, -0.05) is 30.3 Å². The Hall–Kier alpha value is -3.10. The van der Waals surface area contributed by atoms with E-state index in [4.69, 9.17) is 0 Å². The number of phenolic OH excluding ortho intramolecular Hbond substituents is 2. The van der Waals surface area contributed by atoms with Gasteiger partial charge in [-0.15, -0.1) is 0 Å². The molecule has 0 bridgehead atoms. The molecule has 0 aliphatic rings. The molecular formula is C20H23N2O6-. The molecule has 0 radical (unpaired) electrons. The summed E-state index contributed by atoms with van der Waals surface area (Å²) >= 11 is 0. The molecule has 0 aromatic heterocycles.